The molecule has 0 atom stereocenters. The fourth-order valence-electron chi connectivity index (χ4n) is 2.41. The summed E-state index contributed by atoms with van der Waals surface area (Å²) in [6.07, 6.45) is 1.42. The summed E-state index contributed by atoms with van der Waals surface area (Å²) in [7, 11) is 0. The second-order valence-electron chi connectivity index (χ2n) is 7.04. The first-order valence-electron chi connectivity index (χ1n) is 8.68. The number of nitrogens with zero attached hydrogens (tertiary/aromatic N) is 1. The maximum absolute atomic E-state index is 11.2. The smallest absolute Gasteiger partial charge is 0.259 e. The normalized spacial score (nSPS) is 11.6. The zero-order valence-corrected chi connectivity index (χ0v) is 15.9. The van der Waals surface area contributed by atoms with E-state index in [2.05, 4.69) is 32.9 Å². The summed E-state index contributed by atoms with van der Waals surface area (Å²) in [5.74, 6) is 0.563. The van der Waals surface area contributed by atoms with E-state index in [1.165, 1.54) is 11.6 Å². The van der Waals surface area contributed by atoms with Crippen molar-refractivity contribution >= 4 is 12.0 Å². The number of carbonyl (C=O) groups is 1. The van der Waals surface area contributed by atoms with Gasteiger partial charge in [0.15, 0.2) is 0 Å². The van der Waals surface area contributed by atoms with E-state index in [4.69, 9.17) is 20.5 Å². The lowest BCUT2D eigenvalue weighted by Gasteiger charge is -2.19. The maximum Gasteiger partial charge on any atom is 0.259 e. The molecule has 0 aliphatic rings. The third kappa shape index (κ3) is 5.89. The summed E-state index contributed by atoms with van der Waals surface area (Å²) in [4.78, 5) is 11.2. The highest BCUT2D eigenvalue weighted by Gasteiger charge is 2.13. The van der Waals surface area contributed by atoms with Gasteiger partial charge in [-0.3, -0.25) is 4.79 Å². The lowest BCUT2D eigenvalue weighted by molar-refractivity contribution is -0.114. The lowest BCUT2D eigenvalue weighted by Crippen LogP contribution is -2.13. The Hall–Kier alpha value is -3.26. The van der Waals surface area contributed by atoms with E-state index in [1.807, 2.05) is 18.2 Å². The number of nitrogens with two attached hydrogens (primary N) is 1. The standard InChI is InChI=1S/C22H24N2O3/c1-22(2,3)18-8-10-19(11-9-18)26-12-13-27-20-7-5-4-6-16(20)14-17(15-23)21(24)25/h4-11,14H,12-13H2,1-3H3,(H2,24,25). The Morgan fingerprint density at radius 1 is 1.07 bits per heavy atom. The van der Waals surface area contributed by atoms with Crippen LogP contribution in [0.1, 0.15) is 31.9 Å². The second-order valence-corrected chi connectivity index (χ2v) is 7.04. The van der Waals surface area contributed by atoms with Crippen LogP contribution in [0.3, 0.4) is 0 Å². The fraction of sp³-hybridized carbons (Fsp3) is 0.273. The molecule has 5 heteroatoms. The molecular formula is C22H24N2O3. The van der Waals surface area contributed by atoms with E-state index >= 15 is 0 Å². The maximum atomic E-state index is 11.2. The van der Waals surface area contributed by atoms with Gasteiger partial charge in [-0.05, 0) is 35.3 Å². The average molecular weight is 364 g/mol. The van der Waals surface area contributed by atoms with Crippen LogP contribution in [-0.2, 0) is 10.2 Å². The van der Waals surface area contributed by atoms with Crippen molar-refractivity contribution in [2.75, 3.05) is 13.2 Å². The molecule has 2 N–H and O–H groups in total. The van der Waals surface area contributed by atoms with Gasteiger partial charge in [-0.2, -0.15) is 5.26 Å². The Morgan fingerprint density at radius 3 is 2.30 bits per heavy atom. The minimum atomic E-state index is -0.769. The molecule has 0 saturated carbocycles. The van der Waals surface area contributed by atoms with Crippen molar-refractivity contribution in [1.82, 2.24) is 0 Å². The largest absolute Gasteiger partial charge is 0.490 e. The van der Waals surface area contributed by atoms with Crippen molar-refractivity contribution in [3.05, 3.63) is 65.2 Å². The highest BCUT2D eigenvalue weighted by atomic mass is 16.5. The first kappa shape index (κ1) is 20.1. The van der Waals surface area contributed by atoms with E-state index in [-0.39, 0.29) is 11.0 Å². The molecule has 0 aliphatic carbocycles. The Labute approximate surface area is 160 Å². The molecule has 0 heterocycles. The summed E-state index contributed by atoms with van der Waals surface area (Å²) >= 11 is 0. The van der Waals surface area contributed by atoms with Crippen LogP contribution >= 0.6 is 0 Å². The summed E-state index contributed by atoms with van der Waals surface area (Å²) in [6.45, 7) is 7.19. The number of primary amides is 1. The van der Waals surface area contributed by atoms with Crippen molar-refractivity contribution in [1.29, 1.82) is 5.26 Å². The molecule has 0 aliphatic heterocycles. The molecule has 140 valence electrons. The number of nitriles is 1. The van der Waals surface area contributed by atoms with E-state index in [1.54, 1.807) is 24.3 Å². The SMILES string of the molecule is CC(C)(C)c1ccc(OCCOc2ccccc2C=C(C#N)C(N)=O)cc1. The molecule has 0 radical (unpaired) electrons. The van der Waals surface area contributed by atoms with E-state index < -0.39 is 5.91 Å². The van der Waals surface area contributed by atoms with Crippen LogP contribution in [0.25, 0.3) is 6.08 Å². The highest BCUT2D eigenvalue weighted by Crippen LogP contribution is 2.24. The zero-order chi connectivity index (χ0) is 19.9. The molecule has 2 rings (SSSR count). The van der Waals surface area contributed by atoms with Gasteiger partial charge >= 0.3 is 0 Å². The first-order valence-corrected chi connectivity index (χ1v) is 8.68. The summed E-state index contributed by atoms with van der Waals surface area (Å²) < 4.78 is 11.4. The van der Waals surface area contributed by atoms with Gasteiger partial charge in [-0.1, -0.05) is 51.1 Å². The number of rotatable bonds is 7. The van der Waals surface area contributed by atoms with Gasteiger partial charge in [-0.25, -0.2) is 0 Å². The Kier molecular flexibility index (Phi) is 6.62. The molecule has 0 spiro atoms. The Bertz CT molecular complexity index is 856. The predicted molar refractivity (Wildman–Crippen MR) is 105 cm³/mol. The Balaban J connectivity index is 1.95. The fourth-order valence-corrected chi connectivity index (χ4v) is 2.41. The topological polar surface area (TPSA) is 85.3 Å². The summed E-state index contributed by atoms with van der Waals surface area (Å²) in [5.41, 5.74) is 7.02. The molecular weight excluding hydrogens is 340 g/mol. The second kappa shape index (κ2) is 8.91. The molecule has 0 unspecified atom stereocenters. The van der Waals surface area contributed by atoms with Gasteiger partial charge in [0.2, 0.25) is 0 Å². The molecule has 2 aromatic carbocycles. The van der Waals surface area contributed by atoms with Crippen molar-refractivity contribution in [2.45, 2.75) is 26.2 Å². The Morgan fingerprint density at radius 2 is 1.70 bits per heavy atom. The van der Waals surface area contributed by atoms with E-state index in [9.17, 15) is 4.79 Å². The summed E-state index contributed by atoms with van der Waals surface area (Å²) in [6, 6.07) is 16.9. The number of amides is 1. The molecule has 27 heavy (non-hydrogen) atoms. The molecule has 0 saturated heterocycles. The van der Waals surface area contributed by atoms with Gasteiger partial charge in [0.05, 0.1) is 0 Å². The number of hydrogen-bond acceptors (Lipinski definition) is 4. The number of carbonyl (C=O) groups excluding carboxylic acids is 1. The van der Waals surface area contributed by atoms with Gasteiger partial charge in [0.25, 0.3) is 5.91 Å². The summed E-state index contributed by atoms with van der Waals surface area (Å²) in [5, 5.41) is 8.98. The van der Waals surface area contributed by atoms with Crippen LogP contribution in [0.2, 0.25) is 0 Å². The first-order chi connectivity index (χ1) is 12.8. The monoisotopic (exact) mass is 364 g/mol. The number of ether oxygens (including phenoxy) is 2. The third-order valence-electron chi connectivity index (χ3n) is 3.93. The number of hydrogen-bond donors (Lipinski definition) is 1. The van der Waals surface area contributed by atoms with Crippen LogP contribution in [0.5, 0.6) is 11.5 Å². The van der Waals surface area contributed by atoms with Gasteiger partial charge in [0, 0.05) is 5.56 Å². The van der Waals surface area contributed by atoms with Crippen molar-refractivity contribution in [2.24, 2.45) is 5.73 Å². The van der Waals surface area contributed by atoms with Gasteiger partial charge < -0.3 is 15.2 Å². The van der Waals surface area contributed by atoms with Crippen LogP contribution in [-0.4, -0.2) is 19.1 Å². The number of para-hydroxylation sites is 1. The predicted octanol–water partition coefficient (Wildman–Crippen LogP) is 3.83. The number of benzene rings is 2. The molecule has 5 nitrogen and oxygen atoms in total. The van der Waals surface area contributed by atoms with Crippen LogP contribution in [0, 0.1) is 11.3 Å². The minimum absolute atomic E-state index is 0.103. The molecule has 1 amide bonds. The zero-order valence-electron chi connectivity index (χ0n) is 15.9. The van der Waals surface area contributed by atoms with Crippen molar-refractivity contribution < 1.29 is 14.3 Å². The van der Waals surface area contributed by atoms with Gasteiger partial charge in [-0.15, -0.1) is 0 Å². The van der Waals surface area contributed by atoms with E-state index in [0.717, 1.165) is 5.75 Å². The van der Waals surface area contributed by atoms with Crippen molar-refractivity contribution in [3.63, 3.8) is 0 Å². The third-order valence-corrected chi connectivity index (χ3v) is 3.93. The van der Waals surface area contributed by atoms with Crippen LogP contribution < -0.4 is 15.2 Å². The molecule has 0 bridgehead atoms. The molecule has 0 aromatic heterocycles. The minimum Gasteiger partial charge on any atom is -0.490 e. The molecule has 0 fully saturated rings. The lowest BCUT2D eigenvalue weighted by atomic mass is 9.87. The van der Waals surface area contributed by atoms with Crippen LogP contribution in [0.4, 0.5) is 0 Å². The van der Waals surface area contributed by atoms with Crippen molar-refractivity contribution in [3.8, 4) is 17.6 Å². The molecule has 2 aromatic rings. The average Bonchev–Trinajstić information content (AvgIpc) is 2.63. The van der Waals surface area contributed by atoms with E-state index in [0.29, 0.717) is 24.5 Å². The van der Waals surface area contributed by atoms with Crippen LogP contribution in [0.15, 0.2) is 54.1 Å². The van der Waals surface area contributed by atoms with Gasteiger partial charge in [0.1, 0.15) is 36.4 Å². The highest BCUT2D eigenvalue weighted by molar-refractivity contribution is 6.00. The quantitative estimate of drug-likeness (QED) is 0.459.